The zero-order chi connectivity index (χ0) is 19.3. The molecule has 2 rings (SSSR count). The van der Waals surface area contributed by atoms with Crippen molar-refractivity contribution in [2.24, 2.45) is 0 Å². The molecule has 0 aliphatic heterocycles. The summed E-state index contributed by atoms with van der Waals surface area (Å²) in [5.74, 6) is -1.83. The number of hydrogen-bond acceptors (Lipinski definition) is 4. The minimum Gasteiger partial charge on any atom is -0.480 e. The van der Waals surface area contributed by atoms with Gasteiger partial charge in [0.15, 0.2) is 0 Å². The summed E-state index contributed by atoms with van der Waals surface area (Å²) in [6.45, 7) is 1.37. The number of benzene rings is 1. The summed E-state index contributed by atoms with van der Waals surface area (Å²) in [7, 11) is 0. The predicted molar refractivity (Wildman–Crippen MR) is 84.0 cm³/mol. The predicted octanol–water partition coefficient (Wildman–Crippen LogP) is 2.19. The molecule has 0 fully saturated rings. The van der Waals surface area contributed by atoms with Gasteiger partial charge >= 0.3 is 12.1 Å². The van der Waals surface area contributed by atoms with Crippen LogP contribution in [0, 0.1) is 0 Å². The fraction of sp³-hybridized carbons (Fsp3) is 0.375. The first kappa shape index (κ1) is 19.4. The molecule has 1 amide bonds. The van der Waals surface area contributed by atoms with Crippen molar-refractivity contribution in [3.05, 3.63) is 47.3 Å². The number of carboxylic acid groups (broad SMARTS) is 1. The molecular formula is C16H17F3N4O3. The average Bonchev–Trinajstić information content (AvgIpc) is 2.99. The Bertz CT molecular complexity index is 789. The summed E-state index contributed by atoms with van der Waals surface area (Å²) < 4.78 is 39.4. The molecule has 0 aliphatic carbocycles. The highest BCUT2D eigenvalue weighted by atomic mass is 19.4. The minimum atomic E-state index is -4.43. The molecule has 0 spiro atoms. The van der Waals surface area contributed by atoms with E-state index in [0.717, 1.165) is 16.8 Å². The van der Waals surface area contributed by atoms with Crippen LogP contribution in [0.5, 0.6) is 0 Å². The van der Waals surface area contributed by atoms with Crippen LogP contribution in [0.25, 0.3) is 0 Å². The van der Waals surface area contributed by atoms with Crippen LogP contribution >= 0.6 is 0 Å². The van der Waals surface area contributed by atoms with E-state index < -0.39 is 23.6 Å². The van der Waals surface area contributed by atoms with Crippen molar-refractivity contribution in [1.82, 2.24) is 20.3 Å². The minimum absolute atomic E-state index is 0.00454. The van der Waals surface area contributed by atoms with Crippen molar-refractivity contribution in [1.29, 1.82) is 0 Å². The maximum atomic E-state index is 12.8. The van der Waals surface area contributed by atoms with Gasteiger partial charge in [0, 0.05) is 6.42 Å². The number of alkyl halides is 3. The first-order valence-corrected chi connectivity index (χ1v) is 7.70. The lowest BCUT2D eigenvalue weighted by molar-refractivity contribution is -0.138. The van der Waals surface area contributed by atoms with Crippen LogP contribution in [0.2, 0.25) is 0 Å². The third kappa shape index (κ3) is 5.57. The Morgan fingerprint density at radius 3 is 2.73 bits per heavy atom. The number of aromatic nitrogens is 3. The highest BCUT2D eigenvalue weighted by molar-refractivity contribution is 5.76. The number of carbonyl (C=O) groups excluding carboxylic acids is 1. The van der Waals surface area contributed by atoms with E-state index >= 15 is 0 Å². The zero-order valence-electron chi connectivity index (χ0n) is 13.8. The Kier molecular flexibility index (Phi) is 5.96. The average molecular weight is 370 g/mol. The van der Waals surface area contributed by atoms with Gasteiger partial charge in [-0.15, -0.1) is 5.10 Å². The zero-order valence-corrected chi connectivity index (χ0v) is 13.8. The lowest BCUT2D eigenvalue weighted by Crippen LogP contribution is -2.24. The largest absolute Gasteiger partial charge is 0.480 e. The second-order valence-corrected chi connectivity index (χ2v) is 5.81. The van der Waals surface area contributed by atoms with Crippen molar-refractivity contribution in [2.45, 2.75) is 38.5 Å². The lowest BCUT2D eigenvalue weighted by Gasteiger charge is -2.14. The fourth-order valence-corrected chi connectivity index (χ4v) is 2.31. The molecule has 1 aromatic heterocycles. The Morgan fingerprint density at radius 2 is 2.08 bits per heavy atom. The van der Waals surface area contributed by atoms with Crippen LogP contribution in [0.3, 0.4) is 0 Å². The summed E-state index contributed by atoms with van der Waals surface area (Å²) in [6.07, 6.45) is -3.03. The monoisotopic (exact) mass is 370 g/mol. The molecule has 0 radical (unpaired) electrons. The summed E-state index contributed by atoms with van der Waals surface area (Å²) >= 11 is 0. The van der Waals surface area contributed by atoms with Crippen molar-refractivity contribution < 1.29 is 27.9 Å². The summed E-state index contributed by atoms with van der Waals surface area (Å²) in [4.78, 5) is 22.5. The molecule has 2 aromatic rings. The van der Waals surface area contributed by atoms with E-state index in [-0.39, 0.29) is 25.4 Å². The van der Waals surface area contributed by atoms with Gasteiger partial charge in [-0.3, -0.25) is 9.59 Å². The number of rotatable bonds is 7. The van der Waals surface area contributed by atoms with Gasteiger partial charge < -0.3 is 10.4 Å². The van der Waals surface area contributed by atoms with Crippen LogP contribution in [0.4, 0.5) is 13.2 Å². The molecule has 7 nitrogen and oxygen atoms in total. The van der Waals surface area contributed by atoms with Gasteiger partial charge in [0.05, 0.1) is 18.3 Å². The van der Waals surface area contributed by atoms with E-state index in [1.54, 1.807) is 13.0 Å². The Morgan fingerprint density at radius 1 is 1.35 bits per heavy atom. The Hall–Kier alpha value is -2.91. The second-order valence-electron chi connectivity index (χ2n) is 5.81. The van der Waals surface area contributed by atoms with Gasteiger partial charge in [-0.25, -0.2) is 4.68 Å². The van der Waals surface area contributed by atoms with Gasteiger partial charge in [0.25, 0.3) is 0 Å². The number of nitrogens with one attached hydrogen (secondary N) is 1. The third-order valence-electron chi connectivity index (χ3n) is 3.62. The lowest BCUT2D eigenvalue weighted by atomic mass is 9.95. The van der Waals surface area contributed by atoms with Crippen LogP contribution in [0.15, 0.2) is 30.5 Å². The fourth-order valence-electron chi connectivity index (χ4n) is 2.31. The highest BCUT2D eigenvalue weighted by Crippen LogP contribution is 2.31. The number of amides is 1. The number of nitrogens with zero attached hydrogens (tertiary/aromatic N) is 3. The SMILES string of the molecule is CC(CC(=O)NCc1cn(CC(=O)O)nn1)c1cccc(C(F)(F)F)c1. The smallest absolute Gasteiger partial charge is 0.416 e. The Labute approximate surface area is 146 Å². The second kappa shape index (κ2) is 7.98. The van der Waals surface area contributed by atoms with Gasteiger partial charge in [0.1, 0.15) is 12.2 Å². The van der Waals surface area contributed by atoms with Crippen molar-refractivity contribution in [2.75, 3.05) is 0 Å². The number of hydrogen-bond donors (Lipinski definition) is 2. The maximum Gasteiger partial charge on any atom is 0.416 e. The molecule has 1 atom stereocenters. The summed E-state index contributed by atoms with van der Waals surface area (Å²) in [5.41, 5.74) is 0.0472. The molecular weight excluding hydrogens is 353 g/mol. The van der Waals surface area contributed by atoms with Crippen LogP contribution < -0.4 is 5.32 Å². The molecule has 140 valence electrons. The van der Waals surface area contributed by atoms with Gasteiger partial charge in [-0.05, 0) is 17.5 Å². The number of carboxylic acids is 1. The van der Waals surface area contributed by atoms with Crippen LogP contribution in [0.1, 0.15) is 36.1 Å². The van der Waals surface area contributed by atoms with E-state index in [0.29, 0.717) is 11.3 Å². The van der Waals surface area contributed by atoms with Gasteiger partial charge in [-0.2, -0.15) is 13.2 Å². The van der Waals surface area contributed by atoms with E-state index in [9.17, 15) is 22.8 Å². The van der Waals surface area contributed by atoms with Crippen molar-refractivity contribution in [3.63, 3.8) is 0 Å². The topological polar surface area (TPSA) is 97.1 Å². The van der Waals surface area contributed by atoms with Crippen molar-refractivity contribution >= 4 is 11.9 Å². The molecule has 0 bridgehead atoms. The van der Waals surface area contributed by atoms with Crippen LogP contribution in [-0.2, 0) is 28.9 Å². The maximum absolute atomic E-state index is 12.8. The van der Waals surface area contributed by atoms with Gasteiger partial charge in [0.2, 0.25) is 5.91 Å². The van der Waals surface area contributed by atoms with E-state index in [1.165, 1.54) is 12.3 Å². The molecule has 0 saturated heterocycles. The third-order valence-corrected chi connectivity index (χ3v) is 3.62. The molecule has 1 heterocycles. The molecule has 2 N–H and O–H groups in total. The van der Waals surface area contributed by atoms with E-state index in [1.807, 2.05) is 0 Å². The molecule has 0 aliphatic rings. The van der Waals surface area contributed by atoms with Gasteiger partial charge in [-0.1, -0.05) is 30.3 Å². The molecule has 26 heavy (non-hydrogen) atoms. The summed E-state index contributed by atoms with van der Waals surface area (Å²) in [5, 5.41) is 18.6. The first-order chi connectivity index (χ1) is 12.1. The number of aliphatic carboxylic acids is 1. The quantitative estimate of drug-likeness (QED) is 0.779. The summed E-state index contributed by atoms with van der Waals surface area (Å²) in [6, 6.07) is 4.88. The van der Waals surface area contributed by atoms with Crippen LogP contribution in [-0.4, -0.2) is 32.0 Å². The Balaban J connectivity index is 1.89. The van der Waals surface area contributed by atoms with E-state index in [4.69, 9.17) is 5.11 Å². The van der Waals surface area contributed by atoms with Crippen molar-refractivity contribution in [3.8, 4) is 0 Å². The molecule has 1 aromatic carbocycles. The standard InChI is InChI=1S/C16H17F3N4O3/c1-10(11-3-2-4-12(6-11)16(17,18)19)5-14(24)20-7-13-8-23(22-21-13)9-15(25)26/h2-4,6,8,10H,5,7,9H2,1H3,(H,20,24)(H,25,26). The molecule has 1 unspecified atom stereocenters. The number of carbonyl (C=O) groups is 2. The first-order valence-electron chi connectivity index (χ1n) is 7.70. The van der Waals surface area contributed by atoms with E-state index in [2.05, 4.69) is 15.6 Å². The molecule has 0 saturated carbocycles. The normalized spacial score (nSPS) is 12.6. The number of halogens is 3. The molecule has 10 heteroatoms. The highest BCUT2D eigenvalue weighted by Gasteiger charge is 2.30.